The molecule has 0 atom stereocenters. The lowest BCUT2D eigenvalue weighted by Gasteiger charge is -2.05. The third-order valence-corrected chi connectivity index (χ3v) is 2.71. The summed E-state index contributed by atoms with van der Waals surface area (Å²) >= 11 is 0. The maximum Gasteiger partial charge on any atom is 0.251 e. The van der Waals surface area contributed by atoms with Gasteiger partial charge in [-0.2, -0.15) is 0 Å². The summed E-state index contributed by atoms with van der Waals surface area (Å²) in [5, 5.41) is 15.1. The Kier molecular flexibility index (Phi) is 4.53. The molecule has 2 aromatic rings. The van der Waals surface area contributed by atoms with Gasteiger partial charge in [0.25, 0.3) is 5.91 Å². The minimum absolute atomic E-state index is 0.181. The standard InChI is InChI=1S/C15H14N2O3/c1-11-9-13(5-4-12(11)3-2-7-18)15(19)16-10-14-6-8-20-17-14/h4-6,8-9,18H,7,10H2,1H3,(H,16,19). The number of nitrogens with one attached hydrogen (secondary N) is 1. The van der Waals surface area contributed by atoms with Gasteiger partial charge in [-0.05, 0) is 30.7 Å². The number of aliphatic hydroxyl groups excluding tert-OH is 1. The highest BCUT2D eigenvalue weighted by Crippen LogP contribution is 2.10. The average Bonchev–Trinajstić information content (AvgIpc) is 2.96. The second-order valence-electron chi connectivity index (χ2n) is 4.16. The van der Waals surface area contributed by atoms with Crippen molar-refractivity contribution in [1.29, 1.82) is 0 Å². The van der Waals surface area contributed by atoms with E-state index < -0.39 is 0 Å². The van der Waals surface area contributed by atoms with Gasteiger partial charge in [-0.1, -0.05) is 17.0 Å². The molecule has 0 radical (unpaired) electrons. The Labute approximate surface area is 116 Å². The Bertz CT molecular complexity index is 651. The molecule has 1 aromatic heterocycles. The number of hydrogen-bond acceptors (Lipinski definition) is 4. The minimum Gasteiger partial charge on any atom is -0.384 e. The Morgan fingerprint density at radius 2 is 2.30 bits per heavy atom. The summed E-state index contributed by atoms with van der Waals surface area (Å²) in [4.78, 5) is 12.0. The summed E-state index contributed by atoms with van der Waals surface area (Å²) in [5.74, 6) is 5.23. The van der Waals surface area contributed by atoms with Crippen LogP contribution in [0, 0.1) is 18.8 Å². The van der Waals surface area contributed by atoms with Gasteiger partial charge in [0, 0.05) is 17.2 Å². The molecule has 1 heterocycles. The monoisotopic (exact) mass is 270 g/mol. The summed E-state index contributed by atoms with van der Waals surface area (Å²) < 4.78 is 4.69. The third kappa shape index (κ3) is 3.46. The van der Waals surface area contributed by atoms with Crippen LogP contribution < -0.4 is 5.32 Å². The van der Waals surface area contributed by atoms with Crippen molar-refractivity contribution in [3.8, 4) is 11.8 Å². The predicted octanol–water partition coefficient (Wildman–Crippen LogP) is 1.26. The zero-order chi connectivity index (χ0) is 14.4. The largest absolute Gasteiger partial charge is 0.384 e. The number of aliphatic hydroxyl groups is 1. The molecule has 0 saturated heterocycles. The molecule has 0 aliphatic rings. The normalized spacial score (nSPS) is 9.70. The number of rotatable bonds is 3. The third-order valence-electron chi connectivity index (χ3n) is 2.71. The van der Waals surface area contributed by atoms with Gasteiger partial charge < -0.3 is 14.9 Å². The average molecular weight is 270 g/mol. The maximum atomic E-state index is 12.0. The summed E-state index contributed by atoms with van der Waals surface area (Å²) in [6.07, 6.45) is 1.46. The summed E-state index contributed by atoms with van der Waals surface area (Å²) in [5.41, 5.74) is 2.91. The van der Waals surface area contributed by atoms with Gasteiger partial charge in [0.1, 0.15) is 18.6 Å². The van der Waals surface area contributed by atoms with E-state index >= 15 is 0 Å². The second kappa shape index (κ2) is 6.55. The molecule has 0 aliphatic heterocycles. The van der Waals surface area contributed by atoms with Gasteiger partial charge in [-0.25, -0.2) is 0 Å². The quantitative estimate of drug-likeness (QED) is 0.823. The number of hydrogen-bond donors (Lipinski definition) is 2. The highest BCUT2D eigenvalue weighted by Gasteiger charge is 2.07. The number of benzene rings is 1. The number of aryl methyl sites for hydroxylation is 1. The summed E-state index contributed by atoms with van der Waals surface area (Å²) in [7, 11) is 0. The van der Waals surface area contributed by atoms with Crippen LogP contribution >= 0.6 is 0 Å². The number of amides is 1. The Morgan fingerprint density at radius 3 is 2.95 bits per heavy atom. The first-order valence-corrected chi connectivity index (χ1v) is 6.08. The zero-order valence-electron chi connectivity index (χ0n) is 11.0. The highest BCUT2D eigenvalue weighted by atomic mass is 16.5. The molecule has 0 saturated carbocycles. The number of carbonyl (C=O) groups excluding carboxylic acids is 1. The molecule has 0 spiro atoms. The van der Waals surface area contributed by atoms with E-state index in [1.54, 1.807) is 24.3 Å². The van der Waals surface area contributed by atoms with E-state index in [1.165, 1.54) is 6.26 Å². The summed E-state index contributed by atoms with van der Waals surface area (Å²) in [6, 6.07) is 6.92. The van der Waals surface area contributed by atoms with Crippen LogP contribution in [-0.4, -0.2) is 22.8 Å². The fraction of sp³-hybridized carbons (Fsp3) is 0.200. The molecule has 5 heteroatoms. The van der Waals surface area contributed by atoms with Crippen molar-refractivity contribution in [3.63, 3.8) is 0 Å². The molecule has 1 amide bonds. The molecule has 102 valence electrons. The van der Waals surface area contributed by atoms with E-state index in [2.05, 4.69) is 26.8 Å². The van der Waals surface area contributed by atoms with Crippen LogP contribution in [0.1, 0.15) is 27.2 Å². The molecule has 2 N–H and O–H groups in total. The molecule has 0 aliphatic carbocycles. The molecule has 20 heavy (non-hydrogen) atoms. The highest BCUT2D eigenvalue weighted by molar-refractivity contribution is 5.94. The van der Waals surface area contributed by atoms with Crippen LogP contribution in [0.3, 0.4) is 0 Å². The predicted molar refractivity (Wildman–Crippen MR) is 72.8 cm³/mol. The fourth-order valence-electron chi connectivity index (χ4n) is 1.68. The van der Waals surface area contributed by atoms with Crippen LogP contribution in [0.4, 0.5) is 0 Å². The smallest absolute Gasteiger partial charge is 0.251 e. The summed E-state index contributed by atoms with van der Waals surface area (Å²) in [6.45, 7) is 2.01. The number of carbonyl (C=O) groups is 1. The molecule has 1 aromatic carbocycles. The Morgan fingerprint density at radius 1 is 1.45 bits per heavy atom. The zero-order valence-corrected chi connectivity index (χ0v) is 11.0. The minimum atomic E-state index is -0.183. The first-order chi connectivity index (χ1) is 9.70. The van der Waals surface area contributed by atoms with Gasteiger partial charge in [0.2, 0.25) is 0 Å². The lowest BCUT2D eigenvalue weighted by molar-refractivity contribution is 0.0950. The van der Waals surface area contributed by atoms with E-state index in [9.17, 15) is 4.79 Å². The van der Waals surface area contributed by atoms with E-state index in [0.717, 1.165) is 11.1 Å². The van der Waals surface area contributed by atoms with Gasteiger partial charge >= 0.3 is 0 Å². The van der Waals surface area contributed by atoms with Crippen LogP contribution in [-0.2, 0) is 6.54 Å². The van der Waals surface area contributed by atoms with Crippen molar-refractivity contribution in [2.45, 2.75) is 13.5 Å². The lowest BCUT2D eigenvalue weighted by Crippen LogP contribution is -2.23. The van der Waals surface area contributed by atoms with Crippen molar-refractivity contribution in [3.05, 3.63) is 52.9 Å². The van der Waals surface area contributed by atoms with E-state index in [4.69, 9.17) is 5.11 Å². The van der Waals surface area contributed by atoms with Gasteiger partial charge in [0.15, 0.2) is 0 Å². The molecule has 0 fully saturated rings. The van der Waals surface area contributed by atoms with Crippen LogP contribution in [0.25, 0.3) is 0 Å². The van der Waals surface area contributed by atoms with Gasteiger partial charge in [-0.15, -0.1) is 0 Å². The first kappa shape index (κ1) is 13.8. The van der Waals surface area contributed by atoms with Crippen LogP contribution in [0.5, 0.6) is 0 Å². The van der Waals surface area contributed by atoms with Crippen molar-refractivity contribution in [1.82, 2.24) is 10.5 Å². The van der Waals surface area contributed by atoms with Crippen LogP contribution in [0.15, 0.2) is 35.1 Å². The lowest BCUT2D eigenvalue weighted by atomic mass is 10.0. The SMILES string of the molecule is Cc1cc(C(=O)NCc2ccon2)ccc1C#CCO. The number of aromatic nitrogens is 1. The second-order valence-corrected chi connectivity index (χ2v) is 4.16. The molecular weight excluding hydrogens is 256 g/mol. The fourth-order valence-corrected chi connectivity index (χ4v) is 1.68. The maximum absolute atomic E-state index is 12.0. The van der Waals surface area contributed by atoms with Crippen molar-refractivity contribution in [2.24, 2.45) is 0 Å². The molecule has 2 rings (SSSR count). The molecule has 0 unspecified atom stereocenters. The van der Waals surface area contributed by atoms with Gasteiger partial charge in [-0.3, -0.25) is 4.79 Å². The van der Waals surface area contributed by atoms with Crippen molar-refractivity contribution in [2.75, 3.05) is 6.61 Å². The van der Waals surface area contributed by atoms with E-state index in [0.29, 0.717) is 17.8 Å². The first-order valence-electron chi connectivity index (χ1n) is 6.08. The molecular formula is C15H14N2O3. The van der Waals surface area contributed by atoms with Crippen LogP contribution in [0.2, 0.25) is 0 Å². The van der Waals surface area contributed by atoms with E-state index in [1.807, 2.05) is 6.92 Å². The van der Waals surface area contributed by atoms with Gasteiger partial charge in [0.05, 0.1) is 6.54 Å². The molecule has 5 nitrogen and oxygen atoms in total. The number of nitrogens with zero attached hydrogens (tertiary/aromatic N) is 1. The van der Waals surface area contributed by atoms with Crippen molar-refractivity contribution < 1.29 is 14.4 Å². The Balaban J connectivity index is 2.05. The topological polar surface area (TPSA) is 75.4 Å². The van der Waals surface area contributed by atoms with E-state index in [-0.39, 0.29) is 12.5 Å². The van der Waals surface area contributed by atoms with Crippen molar-refractivity contribution >= 4 is 5.91 Å². The molecule has 0 bridgehead atoms. The Hall–Kier alpha value is -2.58.